The summed E-state index contributed by atoms with van der Waals surface area (Å²) in [5, 5.41) is 14.6. The lowest BCUT2D eigenvalue weighted by Crippen LogP contribution is -2.16. The van der Waals surface area contributed by atoms with Crippen LogP contribution in [-0.2, 0) is 0 Å². The van der Waals surface area contributed by atoms with Gasteiger partial charge in [0, 0.05) is 19.9 Å². The normalized spacial score (nSPS) is 11.2. The number of rotatable bonds is 4. The van der Waals surface area contributed by atoms with Gasteiger partial charge in [0.15, 0.2) is 17.1 Å². The fraction of sp³-hybridized carbons (Fsp3) is 0.0588. The van der Waals surface area contributed by atoms with E-state index in [4.69, 9.17) is 9.15 Å². The standard InChI is InChI=1S/C17H11Br2IN2O4/c1-25-13-6-11(19)2-8-4-14(26-16(8)13)17(24)22-21-7-9-3-10(18)5-12(20)15(9)23/h2-7,23H,1H3,(H,22,24)/b21-7-. The molecule has 3 rings (SSSR count). The highest BCUT2D eigenvalue weighted by molar-refractivity contribution is 14.1. The molecule has 0 aliphatic rings. The third-order valence-corrected chi connectivity index (χ3v) is 5.16. The predicted molar refractivity (Wildman–Crippen MR) is 114 cm³/mol. The van der Waals surface area contributed by atoms with Crippen LogP contribution in [0.4, 0.5) is 0 Å². The number of hydrogen-bond acceptors (Lipinski definition) is 5. The van der Waals surface area contributed by atoms with Crippen LogP contribution in [0.2, 0.25) is 0 Å². The first-order chi connectivity index (χ1) is 12.4. The maximum atomic E-state index is 12.3. The van der Waals surface area contributed by atoms with Crippen molar-refractivity contribution in [2.75, 3.05) is 7.11 Å². The van der Waals surface area contributed by atoms with Crippen LogP contribution in [0.25, 0.3) is 11.0 Å². The molecule has 0 spiro atoms. The fourth-order valence-electron chi connectivity index (χ4n) is 2.25. The number of fused-ring (bicyclic) bond motifs is 1. The highest BCUT2D eigenvalue weighted by Crippen LogP contribution is 2.32. The third kappa shape index (κ3) is 4.04. The Morgan fingerprint density at radius 2 is 2.00 bits per heavy atom. The largest absolute Gasteiger partial charge is 0.506 e. The second-order valence-corrected chi connectivity index (χ2v) is 8.16. The first-order valence-electron chi connectivity index (χ1n) is 7.17. The molecule has 6 nitrogen and oxygen atoms in total. The van der Waals surface area contributed by atoms with E-state index >= 15 is 0 Å². The molecular weight excluding hydrogens is 583 g/mol. The first kappa shape index (κ1) is 19.2. The van der Waals surface area contributed by atoms with E-state index in [0.717, 1.165) is 14.3 Å². The zero-order valence-electron chi connectivity index (χ0n) is 13.2. The van der Waals surface area contributed by atoms with Gasteiger partial charge in [-0.2, -0.15) is 5.10 Å². The molecule has 1 heterocycles. The van der Waals surface area contributed by atoms with Gasteiger partial charge in [-0.3, -0.25) is 4.79 Å². The van der Waals surface area contributed by atoms with E-state index in [0.29, 0.717) is 20.5 Å². The van der Waals surface area contributed by atoms with Crippen molar-refractivity contribution in [1.82, 2.24) is 5.43 Å². The molecule has 134 valence electrons. The Labute approximate surface area is 179 Å². The minimum atomic E-state index is -0.514. The highest BCUT2D eigenvalue weighted by Gasteiger charge is 2.15. The molecule has 1 amide bonds. The minimum absolute atomic E-state index is 0.0881. The molecule has 0 unspecified atom stereocenters. The Balaban J connectivity index is 1.82. The van der Waals surface area contributed by atoms with Gasteiger partial charge in [-0.1, -0.05) is 31.9 Å². The smallest absolute Gasteiger partial charge is 0.307 e. The number of amides is 1. The number of furan rings is 1. The van der Waals surface area contributed by atoms with Gasteiger partial charge in [0.2, 0.25) is 0 Å². The number of phenols is 1. The Morgan fingerprint density at radius 3 is 2.73 bits per heavy atom. The number of phenolic OH excluding ortho intramolecular Hbond substituents is 1. The number of nitrogens with one attached hydrogen (secondary N) is 1. The molecule has 0 atom stereocenters. The highest BCUT2D eigenvalue weighted by atomic mass is 127. The Bertz CT molecular complexity index is 1030. The minimum Gasteiger partial charge on any atom is -0.506 e. The molecule has 26 heavy (non-hydrogen) atoms. The summed E-state index contributed by atoms with van der Waals surface area (Å²) in [7, 11) is 1.53. The van der Waals surface area contributed by atoms with Crippen LogP contribution in [0.5, 0.6) is 11.5 Å². The summed E-state index contributed by atoms with van der Waals surface area (Å²) in [5.74, 6) is 0.192. The summed E-state index contributed by atoms with van der Waals surface area (Å²) in [6.45, 7) is 0. The van der Waals surface area contributed by atoms with Crippen LogP contribution in [0.15, 0.2) is 48.8 Å². The number of carbonyl (C=O) groups excluding carboxylic acids is 1. The van der Waals surface area contributed by atoms with E-state index in [1.807, 2.05) is 28.7 Å². The summed E-state index contributed by atoms with van der Waals surface area (Å²) >= 11 is 8.74. The summed E-state index contributed by atoms with van der Waals surface area (Å²) in [6, 6.07) is 8.64. The van der Waals surface area contributed by atoms with Crippen LogP contribution in [0.1, 0.15) is 16.1 Å². The maximum Gasteiger partial charge on any atom is 0.307 e. The Morgan fingerprint density at radius 1 is 1.27 bits per heavy atom. The summed E-state index contributed by atoms with van der Waals surface area (Å²) in [4.78, 5) is 12.3. The second-order valence-electron chi connectivity index (χ2n) is 5.16. The molecular formula is C17H11Br2IN2O4. The van der Waals surface area contributed by atoms with Crippen molar-refractivity contribution in [3.8, 4) is 11.5 Å². The number of hydrogen-bond donors (Lipinski definition) is 2. The molecule has 0 aliphatic carbocycles. The number of methoxy groups -OCH3 is 1. The van der Waals surface area contributed by atoms with E-state index in [1.165, 1.54) is 13.3 Å². The van der Waals surface area contributed by atoms with Crippen molar-refractivity contribution in [1.29, 1.82) is 0 Å². The van der Waals surface area contributed by atoms with Crippen LogP contribution >= 0.6 is 54.5 Å². The molecule has 9 heteroatoms. The van der Waals surface area contributed by atoms with E-state index in [9.17, 15) is 9.90 Å². The zero-order chi connectivity index (χ0) is 18.8. The molecule has 0 fully saturated rings. The summed E-state index contributed by atoms with van der Waals surface area (Å²) in [6.07, 6.45) is 1.36. The van der Waals surface area contributed by atoms with Crippen molar-refractivity contribution < 1.29 is 19.1 Å². The lowest BCUT2D eigenvalue weighted by Gasteiger charge is -2.02. The average Bonchev–Trinajstić information content (AvgIpc) is 3.02. The molecule has 3 aromatic rings. The van der Waals surface area contributed by atoms with Crippen LogP contribution < -0.4 is 10.2 Å². The summed E-state index contributed by atoms with van der Waals surface area (Å²) in [5.41, 5.74) is 3.33. The van der Waals surface area contributed by atoms with Gasteiger partial charge in [0.05, 0.1) is 16.9 Å². The molecule has 2 aromatic carbocycles. The second kappa shape index (κ2) is 7.97. The quantitative estimate of drug-likeness (QED) is 0.252. The number of halogens is 3. The number of nitrogens with zero attached hydrogens (tertiary/aromatic N) is 1. The number of hydrazone groups is 1. The van der Waals surface area contributed by atoms with Crippen molar-refractivity contribution in [3.63, 3.8) is 0 Å². The SMILES string of the molecule is COc1cc(Br)cc2cc(C(=O)N/N=C\c3cc(Br)cc(I)c3O)oc12. The summed E-state index contributed by atoms with van der Waals surface area (Å²) < 4.78 is 13.1. The monoisotopic (exact) mass is 592 g/mol. The number of benzene rings is 2. The van der Waals surface area contributed by atoms with Crippen molar-refractivity contribution >= 4 is 77.5 Å². The van der Waals surface area contributed by atoms with Crippen molar-refractivity contribution in [2.24, 2.45) is 5.10 Å². The Hall–Kier alpha value is -1.59. The van der Waals surface area contributed by atoms with Gasteiger partial charge in [0.1, 0.15) is 5.75 Å². The molecule has 0 bridgehead atoms. The topological polar surface area (TPSA) is 84.1 Å². The van der Waals surface area contributed by atoms with Crippen LogP contribution in [-0.4, -0.2) is 24.3 Å². The van der Waals surface area contributed by atoms with Crippen LogP contribution in [0, 0.1) is 3.57 Å². The van der Waals surface area contributed by atoms with Gasteiger partial charge < -0.3 is 14.3 Å². The van der Waals surface area contributed by atoms with E-state index in [-0.39, 0.29) is 11.5 Å². The van der Waals surface area contributed by atoms with Gasteiger partial charge in [-0.25, -0.2) is 5.43 Å². The number of aromatic hydroxyl groups is 1. The average molecular weight is 594 g/mol. The number of carbonyl (C=O) groups is 1. The van der Waals surface area contributed by atoms with Crippen LogP contribution in [0.3, 0.4) is 0 Å². The van der Waals surface area contributed by atoms with Gasteiger partial charge in [0.25, 0.3) is 0 Å². The molecule has 1 aromatic heterocycles. The predicted octanol–water partition coefficient (Wildman–Crippen LogP) is 5.04. The van der Waals surface area contributed by atoms with E-state index in [2.05, 4.69) is 42.4 Å². The third-order valence-electron chi connectivity index (χ3n) is 3.42. The maximum absolute atomic E-state index is 12.3. The molecule has 0 aliphatic heterocycles. The van der Waals surface area contributed by atoms with Crippen molar-refractivity contribution in [3.05, 3.63) is 54.2 Å². The lowest BCUT2D eigenvalue weighted by atomic mass is 10.2. The van der Waals surface area contributed by atoms with Gasteiger partial charge in [-0.05, 0) is 52.9 Å². The zero-order valence-corrected chi connectivity index (χ0v) is 18.5. The molecule has 2 N–H and O–H groups in total. The molecule has 0 saturated carbocycles. The Kier molecular flexibility index (Phi) is 5.88. The number of ether oxygens (including phenoxy) is 1. The van der Waals surface area contributed by atoms with Crippen molar-refractivity contribution in [2.45, 2.75) is 0 Å². The molecule has 0 saturated heterocycles. The fourth-order valence-corrected chi connectivity index (χ4v) is 4.25. The van der Waals surface area contributed by atoms with Gasteiger partial charge in [-0.15, -0.1) is 0 Å². The lowest BCUT2D eigenvalue weighted by molar-refractivity contribution is 0.0929. The van der Waals surface area contributed by atoms with E-state index < -0.39 is 5.91 Å². The molecule has 0 radical (unpaired) electrons. The van der Waals surface area contributed by atoms with Gasteiger partial charge >= 0.3 is 5.91 Å². The van der Waals surface area contributed by atoms with E-state index in [1.54, 1.807) is 24.3 Å². The first-order valence-corrected chi connectivity index (χ1v) is 9.84.